The number of aryl methyl sites for hydroxylation is 1. The monoisotopic (exact) mass is 348 g/mol. The summed E-state index contributed by atoms with van der Waals surface area (Å²) in [5.74, 6) is -1.21. The van der Waals surface area contributed by atoms with Crippen LogP contribution in [0.1, 0.15) is 22.8 Å². The first-order chi connectivity index (χ1) is 12.4. The van der Waals surface area contributed by atoms with Gasteiger partial charge in [-0.3, -0.25) is 4.79 Å². The Morgan fingerprint density at radius 1 is 1.08 bits per heavy atom. The molecule has 1 amide bonds. The number of ether oxygens (including phenoxy) is 1. The van der Waals surface area contributed by atoms with Crippen LogP contribution >= 0.6 is 0 Å². The van der Waals surface area contributed by atoms with Crippen molar-refractivity contribution in [2.24, 2.45) is 0 Å². The zero-order valence-electron chi connectivity index (χ0n) is 15.0. The molecule has 26 heavy (non-hydrogen) atoms. The van der Waals surface area contributed by atoms with Gasteiger partial charge < -0.3 is 9.64 Å². The van der Waals surface area contributed by atoms with Crippen molar-refractivity contribution in [2.45, 2.75) is 13.0 Å². The number of esters is 1. The lowest BCUT2D eigenvalue weighted by Gasteiger charge is -2.21. The molecule has 0 unspecified atom stereocenters. The molecule has 2 rings (SSSR count). The molecule has 0 saturated carbocycles. The summed E-state index contributed by atoms with van der Waals surface area (Å²) in [7, 11) is 3.17. The van der Waals surface area contributed by atoms with Gasteiger partial charge in [-0.15, -0.1) is 0 Å². The lowest BCUT2D eigenvalue weighted by molar-refractivity contribution is -0.156. The minimum absolute atomic E-state index is 0.165. The molecular formula is C21H20N2O3. The molecule has 0 aliphatic carbocycles. The van der Waals surface area contributed by atoms with Gasteiger partial charge in [-0.1, -0.05) is 60.2 Å². The Bertz CT molecular complexity index is 847. The minimum Gasteiger partial charge on any atom is -0.443 e. The first kappa shape index (κ1) is 18.9. The Morgan fingerprint density at radius 2 is 1.69 bits per heavy atom. The predicted molar refractivity (Wildman–Crippen MR) is 98.7 cm³/mol. The molecule has 0 spiro atoms. The highest BCUT2D eigenvalue weighted by Gasteiger charge is 2.27. The minimum atomic E-state index is -1.10. The number of carbonyl (C=O) groups excluding carboxylic acids is 2. The Balaban J connectivity index is 2.28. The van der Waals surface area contributed by atoms with E-state index in [-0.39, 0.29) is 11.5 Å². The molecule has 0 fully saturated rings. The van der Waals surface area contributed by atoms with E-state index in [1.807, 2.05) is 25.1 Å². The second-order valence-electron chi connectivity index (χ2n) is 6.01. The van der Waals surface area contributed by atoms with Crippen LogP contribution in [0.15, 0.2) is 60.2 Å². The van der Waals surface area contributed by atoms with Crippen LogP contribution in [0.25, 0.3) is 6.08 Å². The average molecular weight is 348 g/mol. The molecule has 2 aromatic rings. The van der Waals surface area contributed by atoms with E-state index in [9.17, 15) is 14.9 Å². The number of hydrogen-bond donors (Lipinski definition) is 0. The zero-order valence-corrected chi connectivity index (χ0v) is 15.0. The van der Waals surface area contributed by atoms with E-state index >= 15 is 0 Å². The fourth-order valence-corrected chi connectivity index (χ4v) is 2.26. The van der Waals surface area contributed by atoms with Gasteiger partial charge in [0, 0.05) is 19.7 Å². The molecule has 2 aromatic carbocycles. The molecule has 0 N–H and O–H groups in total. The summed E-state index contributed by atoms with van der Waals surface area (Å²) < 4.78 is 5.39. The van der Waals surface area contributed by atoms with E-state index in [0.29, 0.717) is 11.1 Å². The molecule has 0 saturated heterocycles. The lowest BCUT2D eigenvalue weighted by Crippen LogP contribution is -2.31. The second-order valence-corrected chi connectivity index (χ2v) is 6.01. The van der Waals surface area contributed by atoms with E-state index in [2.05, 4.69) is 0 Å². The van der Waals surface area contributed by atoms with Crippen LogP contribution in [0, 0.1) is 18.3 Å². The van der Waals surface area contributed by atoms with Crippen LogP contribution in [0.5, 0.6) is 0 Å². The van der Waals surface area contributed by atoms with Crippen molar-refractivity contribution < 1.29 is 14.3 Å². The fourth-order valence-electron chi connectivity index (χ4n) is 2.26. The average Bonchev–Trinajstić information content (AvgIpc) is 2.65. The van der Waals surface area contributed by atoms with Crippen LogP contribution in [0.3, 0.4) is 0 Å². The maximum absolute atomic E-state index is 12.5. The molecule has 0 aliphatic rings. The zero-order chi connectivity index (χ0) is 19.1. The Hall–Kier alpha value is -3.39. The van der Waals surface area contributed by atoms with Crippen LogP contribution in [-0.2, 0) is 14.3 Å². The maximum atomic E-state index is 12.5. The standard InChI is InChI=1S/C21H20N2O3/c1-15-9-11-16(12-10-15)13-18(14-22)21(25)26-19(20(24)23(2)3)17-7-5-4-6-8-17/h4-13,19H,1-3H3/b18-13+/t19-/m0/s1. The molecular weight excluding hydrogens is 328 g/mol. The summed E-state index contributed by atoms with van der Waals surface area (Å²) in [5, 5.41) is 9.33. The Kier molecular flexibility index (Phi) is 6.29. The SMILES string of the molecule is Cc1ccc(/C=C(\C#N)C(=O)O[C@H](C(=O)N(C)C)c2ccccc2)cc1. The molecule has 0 bridgehead atoms. The van der Waals surface area contributed by atoms with Crippen molar-refractivity contribution in [3.63, 3.8) is 0 Å². The van der Waals surface area contributed by atoms with Crippen molar-refractivity contribution >= 4 is 18.0 Å². The largest absolute Gasteiger partial charge is 0.443 e. The van der Waals surface area contributed by atoms with Gasteiger partial charge in [-0.25, -0.2) is 4.79 Å². The number of nitriles is 1. The van der Waals surface area contributed by atoms with Gasteiger partial charge in [0.05, 0.1) is 0 Å². The Morgan fingerprint density at radius 3 is 2.23 bits per heavy atom. The first-order valence-corrected chi connectivity index (χ1v) is 8.08. The second kappa shape index (κ2) is 8.63. The number of nitrogens with zero attached hydrogens (tertiary/aromatic N) is 2. The molecule has 5 heteroatoms. The van der Waals surface area contributed by atoms with Crippen LogP contribution in [0.2, 0.25) is 0 Å². The van der Waals surface area contributed by atoms with Crippen molar-refractivity contribution in [1.82, 2.24) is 4.90 Å². The first-order valence-electron chi connectivity index (χ1n) is 8.08. The summed E-state index contributed by atoms with van der Waals surface area (Å²) in [6.07, 6.45) is 0.345. The van der Waals surface area contributed by atoms with Gasteiger partial charge in [0.2, 0.25) is 6.10 Å². The van der Waals surface area contributed by atoms with Gasteiger partial charge in [0.25, 0.3) is 5.91 Å². The van der Waals surface area contributed by atoms with Crippen LogP contribution in [-0.4, -0.2) is 30.9 Å². The van der Waals surface area contributed by atoms with Gasteiger partial charge in [-0.05, 0) is 18.6 Å². The highest BCUT2D eigenvalue weighted by molar-refractivity contribution is 5.99. The number of carbonyl (C=O) groups is 2. The maximum Gasteiger partial charge on any atom is 0.350 e. The predicted octanol–water partition coefficient (Wildman–Crippen LogP) is 3.27. The normalized spacial score (nSPS) is 12.0. The molecule has 0 aliphatic heterocycles. The van der Waals surface area contributed by atoms with Gasteiger partial charge in [0.15, 0.2) is 0 Å². The molecule has 1 atom stereocenters. The summed E-state index contributed by atoms with van der Waals surface area (Å²) >= 11 is 0. The fraction of sp³-hybridized carbons (Fsp3) is 0.190. The highest BCUT2D eigenvalue weighted by Crippen LogP contribution is 2.21. The number of likely N-dealkylation sites (N-methyl/N-ethyl adjacent to an activating group) is 1. The van der Waals surface area contributed by atoms with E-state index in [1.54, 1.807) is 56.6 Å². The Labute approximate surface area is 153 Å². The summed E-state index contributed by atoms with van der Waals surface area (Å²) in [5.41, 5.74) is 2.16. The van der Waals surface area contributed by atoms with Gasteiger partial charge in [-0.2, -0.15) is 5.26 Å². The smallest absolute Gasteiger partial charge is 0.350 e. The number of rotatable bonds is 5. The molecule has 132 valence electrons. The van der Waals surface area contributed by atoms with Crippen molar-refractivity contribution in [1.29, 1.82) is 5.26 Å². The third kappa shape index (κ3) is 4.81. The summed E-state index contributed by atoms with van der Waals surface area (Å²) in [6, 6.07) is 18.0. The number of hydrogen-bond acceptors (Lipinski definition) is 4. The molecule has 0 radical (unpaired) electrons. The number of benzene rings is 2. The third-order valence-corrected chi connectivity index (χ3v) is 3.72. The van der Waals surface area contributed by atoms with E-state index in [0.717, 1.165) is 5.56 Å². The van der Waals surface area contributed by atoms with E-state index in [1.165, 1.54) is 11.0 Å². The highest BCUT2D eigenvalue weighted by atomic mass is 16.5. The molecule has 0 heterocycles. The summed E-state index contributed by atoms with van der Waals surface area (Å²) in [4.78, 5) is 26.3. The third-order valence-electron chi connectivity index (χ3n) is 3.72. The van der Waals surface area contributed by atoms with Crippen LogP contribution < -0.4 is 0 Å². The number of amides is 1. The quantitative estimate of drug-likeness (QED) is 0.472. The summed E-state index contributed by atoms with van der Waals surface area (Å²) in [6.45, 7) is 1.95. The molecule has 5 nitrogen and oxygen atoms in total. The van der Waals surface area contributed by atoms with Gasteiger partial charge >= 0.3 is 5.97 Å². The lowest BCUT2D eigenvalue weighted by atomic mass is 10.1. The molecule has 0 aromatic heterocycles. The van der Waals surface area contributed by atoms with E-state index in [4.69, 9.17) is 4.74 Å². The topological polar surface area (TPSA) is 70.4 Å². The van der Waals surface area contributed by atoms with Crippen molar-refractivity contribution in [3.8, 4) is 6.07 Å². The van der Waals surface area contributed by atoms with E-state index < -0.39 is 12.1 Å². The van der Waals surface area contributed by atoms with Crippen LogP contribution in [0.4, 0.5) is 0 Å². The van der Waals surface area contributed by atoms with Crippen molar-refractivity contribution in [2.75, 3.05) is 14.1 Å². The van der Waals surface area contributed by atoms with Gasteiger partial charge in [0.1, 0.15) is 11.6 Å². The van der Waals surface area contributed by atoms with Crippen molar-refractivity contribution in [3.05, 3.63) is 76.9 Å².